The fourth-order valence-electron chi connectivity index (χ4n) is 2.72. The maximum absolute atomic E-state index is 10.8. The van der Waals surface area contributed by atoms with Crippen LogP contribution in [0.4, 0.5) is 0 Å². The molecular weight excluding hydrogens is 290 g/mol. The number of halogens is 1. The van der Waals surface area contributed by atoms with Gasteiger partial charge in [-0.1, -0.05) is 41.1 Å². The summed E-state index contributed by atoms with van der Waals surface area (Å²) >= 11 is 3.57. The zero-order valence-electron chi connectivity index (χ0n) is 11.0. The molecule has 18 heavy (non-hydrogen) atoms. The van der Waals surface area contributed by atoms with Crippen molar-refractivity contribution in [1.82, 2.24) is 4.90 Å². The van der Waals surface area contributed by atoms with Crippen LogP contribution in [0.5, 0.6) is 0 Å². The molecule has 1 aliphatic heterocycles. The van der Waals surface area contributed by atoms with Crippen molar-refractivity contribution in [2.75, 3.05) is 19.6 Å². The van der Waals surface area contributed by atoms with E-state index in [1.807, 2.05) is 18.2 Å². The van der Waals surface area contributed by atoms with E-state index in [0.29, 0.717) is 0 Å². The Labute approximate surface area is 118 Å². The molecule has 1 saturated heterocycles. The molecule has 0 radical (unpaired) electrons. The van der Waals surface area contributed by atoms with Gasteiger partial charge in [0.2, 0.25) is 0 Å². The van der Waals surface area contributed by atoms with E-state index in [9.17, 15) is 5.11 Å². The van der Waals surface area contributed by atoms with Gasteiger partial charge in [0.05, 0.1) is 5.60 Å². The van der Waals surface area contributed by atoms with Crippen LogP contribution in [-0.2, 0) is 6.42 Å². The monoisotopic (exact) mass is 311 g/mol. The smallest absolute Gasteiger partial charge is 0.0701 e. The molecule has 1 aromatic rings. The van der Waals surface area contributed by atoms with E-state index in [1.165, 1.54) is 5.56 Å². The zero-order valence-corrected chi connectivity index (χ0v) is 12.6. The van der Waals surface area contributed by atoms with Crippen LogP contribution in [0.15, 0.2) is 28.7 Å². The van der Waals surface area contributed by atoms with E-state index in [-0.39, 0.29) is 0 Å². The normalized spacial score (nSPS) is 25.9. The van der Waals surface area contributed by atoms with Crippen LogP contribution in [0.3, 0.4) is 0 Å². The number of benzene rings is 1. The van der Waals surface area contributed by atoms with Crippen molar-refractivity contribution in [1.29, 1.82) is 0 Å². The predicted molar refractivity (Wildman–Crippen MR) is 78.8 cm³/mol. The number of hydrogen-bond acceptors (Lipinski definition) is 2. The Hall–Kier alpha value is -0.380. The molecule has 2 nitrogen and oxygen atoms in total. The van der Waals surface area contributed by atoms with Gasteiger partial charge < -0.3 is 10.0 Å². The highest BCUT2D eigenvalue weighted by molar-refractivity contribution is 9.10. The lowest BCUT2D eigenvalue weighted by atomic mass is 9.88. The topological polar surface area (TPSA) is 23.5 Å². The van der Waals surface area contributed by atoms with E-state index in [4.69, 9.17) is 0 Å². The molecule has 0 bridgehead atoms. The minimum absolute atomic E-state index is 0.534. The molecule has 0 aliphatic carbocycles. The average Bonchev–Trinajstić information content (AvgIpc) is 2.54. The van der Waals surface area contributed by atoms with Crippen molar-refractivity contribution in [2.24, 2.45) is 0 Å². The van der Waals surface area contributed by atoms with Crippen LogP contribution in [0.25, 0.3) is 0 Å². The highest BCUT2D eigenvalue weighted by Crippen LogP contribution is 2.29. The lowest BCUT2D eigenvalue weighted by Crippen LogP contribution is -2.33. The Morgan fingerprint density at radius 3 is 2.78 bits per heavy atom. The molecule has 0 aromatic heterocycles. The molecule has 1 aromatic carbocycles. The summed E-state index contributed by atoms with van der Waals surface area (Å²) in [6.45, 7) is 5.41. The summed E-state index contributed by atoms with van der Waals surface area (Å²) in [7, 11) is 0. The highest BCUT2D eigenvalue weighted by Gasteiger charge is 2.30. The van der Waals surface area contributed by atoms with E-state index >= 15 is 0 Å². The SMILES string of the molecule is CCN1CCCC(O)(Cc2ccccc2Br)CC1. The van der Waals surface area contributed by atoms with E-state index in [1.54, 1.807) is 0 Å². The van der Waals surface area contributed by atoms with Gasteiger partial charge in [-0.3, -0.25) is 0 Å². The third kappa shape index (κ3) is 3.56. The molecule has 1 N–H and O–H groups in total. The number of rotatable bonds is 3. The Kier molecular flexibility index (Phi) is 4.82. The van der Waals surface area contributed by atoms with Crippen LogP contribution in [0, 0.1) is 0 Å². The summed E-state index contributed by atoms with van der Waals surface area (Å²) in [4.78, 5) is 2.43. The second-order valence-corrected chi connectivity index (χ2v) is 6.13. The summed E-state index contributed by atoms with van der Waals surface area (Å²) < 4.78 is 1.11. The third-order valence-electron chi connectivity index (χ3n) is 3.93. The molecular formula is C15H22BrNO. The summed E-state index contributed by atoms with van der Waals surface area (Å²) in [5, 5.41) is 10.8. The van der Waals surface area contributed by atoms with Gasteiger partial charge in [0.15, 0.2) is 0 Å². The van der Waals surface area contributed by atoms with Gasteiger partial charge in [-0.05, 0) is 44.0 Å². The maximum Gasteiger partial charge on any atom is 0.0701 e. The predicted octanol–water partition coefficient (Wildman–Crippen LogP) is 3.23. The molecule has 100 valence electrons. The van der Waals surface area contributed by atoms with E-state index in [0.717, 1.165) is 49.8 Å². The molecule has 1 atom stereocenters. The lowest BCUT2D eigenvalue weighted by molar-refractivity contribution is 0.0257. The van der Waals surface area contributed by atoms with Crippen molar-refractivity contribution in [3.05, 3.63) is 34.3 Å². The number of hydrogen-bond donors (Lipinski definition) is 1. The quantitative estimate of drug-likeness (QED) is 0.926. The summed E-state index contributed by atoms with van der Waals surface area (Å²) in [6.07, 6.45) is 3.63. The molecule has 0 amide bonds. The van der Waals surface area contributed by atoms with Crippen molar-refractivity contribution in [2.45, 2.75) is 38.2 Å². The summed E-state index contributed by atoms with van der Waals surface area (Å²) in [5.41, 5.74) is 0.679. The minimum Gasteiger partial charge on any atom is -0.389 e. The van der Waals surface area contributed by atoms with Crippen molar-refractivity contribution in [3.8, 4) is 0 Å². The largest absolute Gasteiger partial charge is 0.389 e. The molecule has 1 aliphatic rings. The Balaban J connectivity index is 2.05. The lowest BCUT2D eigenvalue weighted by Gasteiger charge is -2.27. The maximum atomic E-state index is 10.8. The van der Waals surface area contributed by atoms with Crippen molar-refractivity contribution >= 4 is 15.9 Å². The van der Waals surface area contributed by atoms with Gasteiger partial charge in [-0.15, -0.1) is 0 Å². The fourth-order valence-corrected chi connectivity index (χ4v) is 3.15. The highest BCUT2D eigenvalue weighted by atomic mass is 79.9. The number of likely N-dealkylation sites (tertiary alicyclic amines) is 1. The van der Waals surface area contributed by atoms with Gasteiger partial charge >= 0.3 is 0 Å². The number of nitrogens with zero attached hydrogens (tertiary/aromatic N) is 1. The van der Waals surface area contributed by atoms with E-state index < -0.39 is 5.60 Å². The van der Waals surface area contributed by atoms with Crippen molar-refractivity contribution < 1.29 is 5.11 Å². The van der Waals surface area contributed by atoms with Crippen molar-refractivity contribution in [3.63, 3.8) is 0 Å². The summed E-state index contributed by atoms with van der Waals surface area (Å²) in [6, 6.07) is 8.21. The first-order valence-electron chi connectivity index (χ1n) is 6.81. The van der Waals surface area contributed by atoms with Crippen LogP contribution < -0.4 is 0 Å². The fraction of sp³-hybridized carbons (Fsp3) is 0.600. The first kappa shape index (κ1) is 14.0. The minimum atomic E-state index is -0.534. The molecule has 1 unspecified atom stereocenters. The first-order valence-corrected chi connectivity index (χ1v) is 7.60. The second kappa shape index (κ2) is 6.18. The van der Waals surface area contributed by atoms with Crippen LogP contribution in [0.2, 0.25) is 0 Å². The zero-order chi connectivity index (χ0) is 13.0. The van der Waals surface area contributed by atoms with E-state index in [2.05, 4.69) is 33.8 Å². The van der Waals surface area contributed by atoms with Crippen LogP contribution >= 0.6 is 15.9 Å². The molecule has 0 saturated carbocycles. The second-order valence-electron chi connectivity index (χ2n) is 5.28. The van der Waals surface area contributed by atoms with Crippen LogP contribution in [-0.4, -0.2) is 35.2 Å². The van der Waals surface area contributed by atoms with Gasteiger partial charge in [-0.25, -0.2) is 0 Å². The average molecular weight is 312 g/mol. The third-order valence-corrected chi connectivity index (χ3v) is 4.71. The Bertz CT molecular complexity index is 396. The molecule has 3 heteroatoms. The van der Waals surface area contributed by atoms with Gasteiger partial charge in [0, 0.05) is 17.4 Å². The van der Waals surface area contributed by atoms with Gasteiger partial charge in [0.25, 0.3) is 0 Å². The molecule has 2 rings (SSSR count). The Morgan fingerprint density at radius 2 is 2.06 bits per heavy atom. The molecule has 0 spiro atoms. The van der Waals surface area contributed by atoms with Gasteiger partial charge in [-0.2, -0.15) is 0 Å². The summed E-state index contributed by atoms with van der Waals surface area (Å²) in [5.74, 6) is 0. The standard InChI is InChI=1S/C15H22BrNO/c1-2-17-10-5-8-15(18,9-11-17)12-13-6-3-4-7-14(13)16/h3-4,6-7,18H,2,5,8-12H2,1H3. The molecule has 1 fully saturated rings. The molecule has 1 heterocycles. The first-order chi connectivity index (χ1) is 8.63. The number of aliphatic hydroxyl groups is 1. The Morgan fingerprint density at radius 1 is 1.28 bits per heavy atom. The van der Waals surface area contributed by atoms with Crippen LogP contribution in [0.1, 0.15) is 31.7 Å². The van der Waals surface area contributed by atoms with Gasteiger partial charge in [0.1, 0.15) is 0 Å².